The average Bonchev–Trinajstić information content (AvgIpc) is 2.58. The van der Waals surface area contributed by atoms with Gasteiger partial charge in [0.2, 0.25) is 0 Å². The van der Waals surface area contributed by atoms with Crippen LogP contribution in [-0.2, 0) is 0 Å². The second kappa shape index (κ2) is 3.60. The van der Waals surface area contributed by atoms with Crippen LogP contribution in [0.1, 0.15) is 0 Å². The Balaban J connectivity index is 1.97. The minimum absolute atomic E-state index is 0.0152. The van der Waals surface area contributed by atoms with E-state index in [1.54, 1.807) is 11.8 Å². The Bertz CT molecular complexity index is 210. The Morgan fingerprint density at radius 2 is 2.58 bits per heavy atom. The van der Waals surface area contributed by atoms with Gasteiger partial charge in [-0.05, 0) is 9.39 Å². The number of thioether (sulfide) groups is 1. The van der Waals surface area contributed by atoms with Crippen molar-refractivity contribution in [1.29, 1.82) is 0 Å². The predicted molar refractivity (Wildman–Crippen MR) is 55.8 cm³/mol. The molecule has 4 nitrogen and oxygen atoms in total. The Morgan fingerprint density at radius 1 is 1.75 bits per heavy atom. The van der Waals surface area contributed by atoms with E-state index in [4.69, 9.17) is 5.73 Å². The highest BCUT2D eigenvalue weighted by Gasteiger charge is 2.27. The number of nitrogens with two attached hydrogens (primary N) is 1. The first-order valence-corrected chi connectivity index (χ1v) is 5.51. The zero-order valence-electron chi connectivity index (χ0n) is 6.73. The zero-order chi connectivity index (χ0) is 8.55. The number of nitrogens with one attached hydrogen (secondary N) is 1. The monoisotopic (exact) mass is 204 g/mol. The fourth-order valence-corrected chi connectivity index (χ4v) is 2.67. The van der Waals surface area contributed by atoms with Crippen LogP contribution >= 0.6 is 21.2 Å². The maximum Gasteiger partial charge on any atom is 0.144 e. The molecule has 2 heterocycles. The number of hydrogen-bond acceptors (Lipinski definition) is 5. The van der Waals surface area contributed by atoms with Crippen molar-refractivity contribution in [3.05, 3.63) is 0 Å². The molecule has 0 aromatic rings. The van der Waals surface area contributed by atoms with E-state index in [0.29, 0.717) is 5.92 Å². The van der Waals surface area contributed by atoms with E-state index in [1.807, 2.05) is 4.78 Å². The average molecular weight is 204 g/mol. The molecule has 68 valence electrons. The second-order valence-corrected chi connectivity index (χ2v) is 4.76. The summed E-state index contributed by atoms with van der Waals surface area (Å²) in [6.07, 6.45) is 0. The summed E-state index contributed by atoms with van der Waals surface area (Å²) in [6, 6.07) is 0. The molecule has 1 fully saturated rings. The molecular formula is C6H13N4PS. The predicted octanol–water partition coefficient (Wildman–Crippen LogP) is -0.357. The summed E-state index contributed by atoms with van der Waals surface area (Å²) in [5, 5.41) is 0. The van der Waals surface area contributed by atoms with Crippen molar-refractivity contribution in [3.8, 4) is 0 Å². The third-order valence-corrected chi connectivity index (χ3v) is 3.43. The lowest BCUT2D eigenvalue weighted by Gasteiger charge is -2.07. The number of hydrazine groups is 1. The molecule has 0 saturated carbocycles. The van der Waals surface area contributed by atoms with Gasteiger partial charge in [0.15, 0.2) is 0 Å². The number of hydrogen-bond donors (Lipinski definition) is 2. The van der Waals surface area contributed by atoms with E-state index < -0.39 is 0 Å². The van der Waals surface area contributed by atoms with Crippen LogP contribution in [0.2, 0.25) is 0 Å². The summed E-state index contributed by atoms with van der Waals surface area (Å²) in [7, 11) is 2.64. The molecule has 2 aliphatic rings. The second-order valence-electron chi connectivity index (χ2n) is 3.03. The minimum atomic E-state index is -0.0152. The van der Waals surface area contributed by atoms with Crippen LogP contribution in [0.15, 0.2) is 4.99 Å². The van der Waals surface area contributed by atoms with Crippen molar-refractivity contribution in [2.45, 2.75) is 5.50 Å². The SMILES string of the molecule is NC1N=C(C2CNN(P)C2)CS1. The molecule has 0 amide bonds. The highest BCUT2D eigenvalue weighted by molar-refractivity contribution is 8.00. The molecule has 12 heavy (non-hydrogen) atoms. The fourth-order valence-electron chi connectivity index (χ4n) is 1.45. The summed E-state index contributed by atoms with van der Waals surface area (Å²) in [6.45, 7) is 2.02. The van der Waals surface area contributed by atoms with Gasteiger partial charge in [0.1, 0.15) is 5.50 Å². The molecule has 3 unspecified atom stereocenters. The van der Waals surface area contributed by atoms with Crippen LogP contribution in [0, 0.1) is 5.92 Å². The summed E-state index contributed by atoms with van der Waals surface area (Å²) in [4.78, 5) is 4.39. The van der Waals surface area contributed by atoms with Crippen molar-refractivity contribution in [1.82, 2.24) is 10.2 Å². The van der Waals surface area contributed by atoms with Gasteiger partial charge in [-0.3, -0.25) is 10.4 Å². The third kappa shape index (κ3) is 1.80. The molecular weight excluding hydrogens is 191 g/mol. The lowest BCUT2D eigenvalue weighted by molar-refractivity contribution is 0.456. The lowest BCUT2D eigenvalue weighted by atomic mass is 10.1. The normalized spacial score (nSPS) is 37.3. The van der Waals surface area contributed by atoms with Gasteiger partial charge >= 0.3 is 0 Å². The van der Waals surface area contributed by atoms with Crippen LogP contribution in [-0.4, -0.2) is 34.8 Å². The molecule has 1 saturated heterocycles. The quantitative estimate of drug-likeness (QED) is 0.573. The number of nitrogens with zero attached hydrogens (tertiary/aromatic N) is 2. The largest absolute Gasteiger partial charge is 0.301 e. The standard InChI is InChI=1S/C6H13N4PS/c7-6-9-5(3-12-6)4-1-8-10(11)2-4/h4,6,8H,1-3,7,11H2. The lowest BCUT2D eigenvalue weighted by Crippen LogP contribution is -2.19. The van der Waals surface area contributed by atoms with Gasteiger partial charge in [-0.15, -0.1) is 11.8 Å². The highest BCUT2D eigenvalue weighted by atomic mass is 32.2. The zero-order valence-corrected chi connectivity index (χ0v) is 8.70. The smallest absolute Gasteiger partial charge is 0.144 e. The van der Waals surface area contributed by atoms with E-state index in [2.05, 4.69) is 19.8 Å². The van der Waals surface area contributed by atoms with E-state index in [-0.39, 0.29) is 5.50 Å². The Labute approximate surface area is 78.6 Å². The molecule has 0 aromatic carbocycles. The molecule has 2 rings (SSSR count). The molecule has 0 spiro atoms. The summed E-state index contributed by atoms with van der Waals surface area (Å²) in [5.74, 6) is 1.56. The van der Waals surface area contributed by atoms with E-state index in [0.717, 1.165) is 18.8 Å². The Morgan fingerprint density at radius 3 is 3.08 bits per heavy atom. The highest BCUT2D eigenvalue weighted by Crippen LogP contribution is 2.22. The van der Waals surface area contributed by atoms with Gasteiger partial charge < -0.3 is 5.73 Å². The van der Waals surface area contributed by atoms with E-state index >= 15 is 0 Å². The van der Waals surface area contributed by atoms with E-state index in [9.17, 15) is 0 Å². The van der Waals surface area contributed by atoms with Gasteiger partial charge in [-0.25, -0.2) is 4.78 Å². The molecule has 6 heteroatoms. The molecule has 0 aliphatic carbocycles. The first-order chi connectivity index (χ1) is 5.75. The summed E-state index contributed by atoms with van der Waals surface area (Å²) in [5.41, 5.74) is 10.1. The Hall–Kier alpha value is 0.330. The molecule has 0 radical (unpaired) electrons. The van der Waals surface area contributed by atoms with E-state index in [1.165, 1.54) is 5.71 Å². The van der Waals surface area contributed by atoms with Crippen molar-refractivity contribution in [2.75, 3.05) is 18.8 Å². The first-order valence-electron chi connectivity index (χ1n) is 3.95. The Kier molecular flexibility index (Phi) is 2.67. The minimum Gasteiger partial charge on any atom is -0.301 e. The van der Waals surface area contributed by atoms with Gasteiger partial charge in [-0.2, -0.15) is 0 Å². The number of rotatable bonds is 1. The number of aliphatic imine (C=N–C) groups is 1. The molecule has 2 aliphatic heterocycles. The van der Waals surface area contributed by atoms with Crippen molar-refractivity contribution >= 4 is 26.9 Å². The van der Waals surface area contributed by atoms with Crippen LogP contribution in [0.5, 0.6) is 0 Å². The van der Waals surface area contributed by atoms with Gasteiger partial charge in [0.05, 0.1) is 0 Å². The molecule has 0 aromatic heterocycles. The molecule has 3 atom stereocenters. The fraction of sp³-hybridized carbons (Fsp3) is 0.833. The first kappa shape index (κ1) is 8.91. The van der Waals surface area contributed by atoms with Gasteiger partial charge in [0, 0.05) is 30.5 Å². The van der Waals surface area contributed by atoms with Crippen molar-refractivity contribution < 1.29 is 0 Å². The van der Waals surface area contributed by atoms with Crippen LogP contribution in [0.25, 0.3) is 0 Å². The van der Waals surface area contributed by atoms with Crippen LogP contribution < -0.4 is 11.2 Å². The topological polar surface area (TPSA) is 53.6 Å². The molecule has 0 bridgehead atoms. The van der Waals surface area contributed by atoms with Gasteiger partial charge in [-0.1, -0.05) is 0 Å². The van der Waals surface area contributed by atoms with Crippen LogP contribution in [0.3, 0.4) is 0 Å². The van der Waals surface area contributed by atoms with Crippen LogP contribution in [0.4, 0.5) is 0 Å². The summed E-state index contributed by atoms with van der Waals surface area (Å²) >= 11 is 1.71. The maximum absolute atomic E-state index is 5.66. The van der Waals surface area contributed by atoms with Crippen molar-refractivity contribution in [2.24, 2.45) is 16.6 Å². The third-order valence-electron chi connectivity index (χ3n) is 2.12. The molecule has 3 N–H and O–H groups in total. The maximum atomic E-state index is 5.66. The van der Waals surface area contributed by atoms with Gasteiger partial charge in [0.25, 0.3) is 0 Å². The summed E-state index contributed by atoms with van der Waals surface area (Å²) < 4.78 is 2.03. The van der Waals surface area contributed by atoms with Crippen molar-refractivity contribution in [3.63, 3.8) is 0 Å².